The third-order valence-electron chi connectivity index (χ3n) is 2.01. The van der Waals surface area contributed by atoms with Crippen LogP contribution >= 0.6 is 11.6 Å². The monoisotopic (exact) mass is 247 g/mol. The standard InChI is InChI=1S/C11H18ClNO3/c1-4-14-11(15-5-2,16-6-3)10-9(12)7-8-13-10/h7-8,13H,4-6H2,1-3H3. The molecule has 0 saturated carbocycles. The molecule has 16 heavy (non-hydrogen) atoms. The van der Waals surface area contributed by atoms with E-state index in [9.17, 15) is 0 Å². The van der Waals surface area contributed by atoms with Gasteiger partial charge in [-0.3, -0.25) is 0 Å². The van der Waals surface area contributed by atoms with Gasteiger partial charge in [-0.2, -0.15) is 0 Å². The molecule has 0 aliphatic heterocycles. The summed E-state index contributed by atoms with van der Waals surface area (Å²) in [4.78, 5) is 2.99. The van der Waals surface area contributed by atoms with Crippen LogP contribution in [0.3, 0.4) is 0 Å². The summed E-state index contributed by atoms with van der Waals surface area (Å²) in [6.45, 7) is 7.04. The lowest BCUT2D eigenvalue weighted by atomic mass is 10.3. The van der Waals surface area contributed by atoms with Crippen LogP contribution in [0.15, 0.2) is 12.3 Å². The lowest BCUT2D eigenvalue weighted by molar-refractivity contribution is -0.391. The minimum Gasteiger partial charge on any atom is -0.357 e. The minimum atomic E-state index is -1.22. The highest BCUT2D eigenvalue weighted by molar-refractivity contribution is 6.31. The van der Waals surface area contributed by atoms with Crippen molar-refractivity contribution in [1.29, 1.82) is 0 Å². The summed E-state index contributed by atoms with van der Waals surface area (Å²) >= 11 is 6.06. The predicted molar refractivity (Wildman–Crippen MR) is 62.4 cm³/mol. The molecule has 0 aromatic carbocycles. The van der Waals surface area contributed by atoms with Crippen molar-refractivity contribution in [1.82, 2.24) is 4.98 Å². The third kappa shape index (κ3) is 2.77. The molecule has 5 heteroatoms. The van der Waals surface area contributed by atoms with E-state index in [4.69, 9.17) is 25.8 Å². The summed E-state index contributed by atoms with van der Waals surface area (Å²) in [7, 11) is 0. The molecule has 0 atom stereocenters. The average Bonchev–Trinajstić information content (AvgIpc) is 2.66. The zero-order valence-corrected chi connectivity index (χ0v) is 10.6. The summed E-state index contributed by atoms with van der Waals surface area (Å²) in [5, 5.41) is 0.537. The van der Waals surface area contributed by atoms with Gasteiger partial charge in [-0.25, -0.2) is 0 Å². The van der Waals surface area contributed by atoms with E-state index in [1.165, 1.54) is 0 Å². The molecule has 0 unspecified atom stereocenters. The number of hydrogen-bond donors (Lipinski definition) is 1. The summed E-state index contributed by atoms with van der Waals surface area (Å²) in [6.07, 6.45) is 1.73. The van der Waals surface area contributed by atoms with Gasteiger partial charge in [0.15, 0.2) is 0 Å². The van der Waals surface area contributed by atoms with Gasteiger partial charge in [0.05, 0.1) is 24.8 Å². The molecule has 0 bridgehead atoms. The first-order valence-corrected chi connectivity index (χ1v) is 5.83. The molecular formula is C11H18ClNO3. The lowest BCUT2D eigenvalue weighted by Gasteiger charge is -2.31. The third-order valence-corrected chi connectivity index (χ3v) is 2.32. The maximum absolute atomic E-state index is 6.06. The summed E-state index contributed by atoms with van der Waals surface area (Å²) < 4.78 is 16.7. The Morgan fingerprint density at radius 1 is 1.12 bits per heavy atom. The van der Waals surface area contributed by atoms with Gasteiger partial charge in [-0.15, -0.1) is 0 Å². The Bertz CT molecular complexity index is 297. The van der Waals surface area contributed by atoms with E-state index in [-0.39, 0.29) is 0 Å². The molecule has 0 aliphatic rings. The average molecular weight is 248 g/mol. The van der Waals surface area contributed by atoms with Crippen molar-refractivity contribution in [2.24, 2.45) is 0 Å². The molecule has 0 radical (unpaired) electrons. The first kappa shape index (κ1) is 13.5. The van der Waals surface area contributed by atoms with Crippen molar-refractivity contribution in [2.45, 2.75) is 26.7 Å². The van der Waals surface area contributed by atoms with Gasteiger partial charge in [0.2, 0.25) is 0 Å². The number of halogens is 1. The normalized spacial score (nSPS) is 12.0. The van der Waals surface area contributed by atoms with Crippen LogP contribution in [-0.4, -0.2) is 24.8 Å². The fourth-order valence-corrected chi connectivity index (χ4v) is 1.73. The fourth-order valence-electron chi connectivity index (χ4n) is 1.50. The molecule has 1 rings (SSSR count). The van der Waals surface area contributed by atoms with E-state index in [0.29, 0.717) is 30.5 Å². The quantitative estimate of drug-likeness (QED) is 0.754. The molecule has 1 aromatic rings. The number of aromatic amines is 1. The number of ether oxygens (including phenoxy) is 3. The van der Waals surface area contributed by atoms with E-state index in [0.717, 1.165) is 0 Å². The van der Waals surface area contributed by atoms with E-state index in [1.807, 2.05) is 20.8 Å². The van der Waals surface area contributed by atoms with Crippen LogP contribution in [0.5, 0.6) is 0 Å². The number of rotatable bonds is 7. The molecule has 1 aromatic heterocycles. The zero-order valence-electron chi connectivity index (χ0n) is 9.88. The summed E-state index contributed by atoms with van der Waals surface area (Å²) in [5.41, 5.74) is 0.597. The first-order chi connectivity index (χ1) is 7.70. The summed E-state index contributed by atoms with van der Waals surface area (Å²) in [6, 6.07) is 1.74. The van der Waals surface area contributed by atoms with Gasteiger partial charge in [-0.1, -0.05) is 11.6 Å². The molecule has 0 saturated heterocycles. The molecule has 1 N–H and O–H groups in total. The maximum Gasteiger partial charge on any atom is 0.329 e. The van der Waals surface area contributed by atoms with E-state index < -0.39 is 5.97 Å². The van der Waals surface area contributed by atoms with Gasteiger partial charge in [0, 0.05) is 6.20 Å². The Labute approximate surface area is 101 Å². The number of nitrogens with one attached hydrogen (secondary N) is 1. The Morgan fingerprint density at radius 2 is 1.62 bits per heavy atom. The van der Waals surface area contributed by atoms with Crippen molar-refractivity contribution in [2.75, 3.05) is 19.8 Å². The maximum atomic E-state index is 6.06. The van der Waals surface area contributed by atoms with E-state index >= 15 is 0 Å². The Kier molecular flexibility index (Phi) is 5.28. The van der Waals surface area contributed by atoms with Crippen LogP contribution in [-0.2, 0) is 20.2 Å². The number of aromatic nitrogens is 1. The SMILES string of the molecule is CCOC(OCC)(OCC)c1[nH]ccc1Cl. The number of H-pyrrole nitrogens is 1. The first-order valence-electron chi connectivity index (χ1n) is 5.45. The molecular weight excluding hydrogens is 230 g/mol. The van der Waals surface area contributed by atoms with Crippen LogP contribution in [0.2, 0.25) is 5.02 Å². The summed E-state index contributed by atoms with van der Waals surface area (Å²) in [5.74, 6) is -1.22. The second kappa shape index (κ2) is 6.25. The van der Waals surface area contributed by atoms with Crippen LogP contribution in [0.4, 0.5) is 0 Å². The number of hydrogen-bond acceptors (Lipinski definition) is 3. The lowest BCUT2D eigenvalue weighted by Crippen LogP contribution is -2.37. The van der Waals surface area contributed by atoms with Crippen molar-refractivity contribution in [3.8, 4) is 0 Å². The van der Waals surface area contributed by atoms with E-state index in [1.54, 1.807) is 12.3 Å². The van der Waals surface area contributed by atoms with Gasteiger partial charge in [0.25, 0.3) is 0 Å². The van der Waals surface area contributed by atoms with Gasteiger partial charge in [0.1, 0.15) is 5.69 Å². The molecule has 0 amide bonds. The highest BCUT2D eigenvalue weighted by atomic mass is 35.5. The second-order valence-electron chi connectivity index (χ2n) is 3.06. The van der Waals surface area contributed by atoms with Crippen molar-refractivity contribution in [3.05, 3.63) is 23.0 Å². The molecule has 1 heterocycles. The molecule has 4 nitrogen and oxygen atoms in total. The van der Waals surface area contributed by atoms with Crippen molar-refractivity contribution >= 4 is 11.6 Å². The van der Waals surface area contributed by atoms with Crippen LogP contribution < -0.4 is 0 Å². The second-order valence-corrected chi connectivity index (χ2v) is 3.46. The predicted octanol–water partition coefficient (Wildman–Crippen LogP) is 2.89. The Morgan fingerprint density at radius 3 is 1.94 bits per heavy atom. The minimum absolute atomic E-state index is 0.468. The van der Waals surface area contributed by atoms with Crippen molar-refractivity contribution < 1.29 is 14.2 Å². The molecule has 0 spiro atoms. The highest BCUT2D eigenvalue weighted by Crippen LogP contribution is 2.32. The fraction of sp³-hybridized carbons (Fsp3) is 0.636. The smallest absolute Gasteiger partial charge is 0.329 e. The van der Waals surface area contributed by atoms with Gasteiger partial charge < -0.3 is 19.2 Å². The highest BCUT2D eigenvalue weighted by Gasteiger charge is 2.38. The largest absolute Gasteiger partial charge is 0.357 e. The molecule has 92 valence electrons. The Hall–Kier alpha value is -0.550. The van der Waals surface area contributed by atoms with Crippen LogP contribution in [0.25, 0.3) is 0 Å². The van der Waals surface area contributed by atoms with Crippen LogP contribution in [0, 0.1) is 0 Å². The topological polar surface area (TPSA) is 43.5 Å². The van der Waals surface area contributed by atoms with Gasteiger partial charge >= 0.3 is 5.97 Å². The van der Waals surface area contributed by atoms with E-state index in [2.05, 4.69) is 4.98 Å². The molecule has 0 fully saturated rings. The zero-order chi connectivity index (χ0) is 12.0. The Balaban J connectivity index is 3.04. The molecule has 0 aliphatic carbocycles. The van der Waals surface area contributed by atoms with Crippen LogP contribution in [0.1, 0.15) is 26.5 Å². The van der Waals surface area contributed by atoms with Crippen molar-refractivity contribution in [3.63, 3.8) is 0 Å². The van der Waals surface area contributed by atoms with Gasteiger partial charge in [-0.05, 0) is 26.8 Å².